The van der Waals surface area contributed by atoms with E-state index in [-0.39, 0.29) is 5.92 Å². The Kier molecular flexibility index (Phi) is 27.1. The van der Waals surface area contributed by atoms with Gasteiger partial charge in [0.1, 0.15) is 35.4 Å². The van der Waals surface area contributed by atoms with Gasteiger partial charge < -0.3 is 25.2 Å². The molecule has 73 heavy (non-hydrogen) atoms. The van der Waals surface area contributed by atoms with Gasteiger partial charge in [-0.15, -0.1) is 6.58 Å². The highest BCUT2D eigenvalue weighted by Gasteiger charge is 2.32. The van der Waals surface area contributed by atoms with Gasteiger partial charge in [-0.25, -0.2) is 0 Å². The Bertz CT molecular complexity index is 2310. The second-order valence-electron chi connectivity index (χ2n) is 21.2. The molecule has 5 heteroatoms. The van der Waals surface area contributed by atoms with E-state index in [1.807, 2.05) is 80.6 Å². The largest absolute Gasteiger partial charge is 0.508 e. The molecule has 2 fully saturated rings. The van der Waals surface area contributed by atoms with Crippen molar-refractivity contribution in [1.29, 1.82) is 0 Å². The molecular formula is C68H98O5. The van der Waals surface area contributed by atoms with Crippen LogP contribution in [0.3, 0.4) is 0 Å². The zero-order valence-corrected chi connectivity index (χ0v) is 47.8. The molecule has 8 atom stereocenters. The normalized spacial score (nSPS) is 16.1. The van der Waals surface area contributed by atoms with E-state index in [9.17, 15) is 20.4 Å². The first-order valence-electron chi connectivity index (χ1n) is 28.1. The first kappa shape index (κ1) is 61.9. The third kappa shape index (κ3) is 18.8. The van der Waals surface area contributed by atoms with Gasteiger partial charge in [0.2, 0.25) is 0 Å². The van der Waals surface area contributed by atoms with Crippen molar-refractivity contribution in [2.45, 2.75) is 202 Å². The van der Waals surface area contributed by atoms with E-state index in [0.29, 0.717) is 71.0 Å². The quantitative estimate of drug-likeness (QED) is 0.0619. The maximum atomic E-state index is 10.3. The Morgan fingerprint density at radius 1 is 0.452 bits per heavy atom. The fourth-order valence-corrected chi connectivity index (χ4v) is 9.12. The van der Waals surface area contributed by atoms with Gasteiger partial charge in [0.25, 0.3) is 0 Å². The molecule has 0 aromatic heterocycles. The van der Waals surface area contributed by atoms with Gasteiger partial charge in [-0.2, -0.15) is 0 Å². The van der Waals surface area contributed by atoms with Crippen LogP contribution in [0.1, 0.15) is 247 Å². The topological polar surface area (TPSA) is 90.2 Å². The summed E-state index contributed by atoms with van der Waals surface area (Å²) >= 11 is 0. The lowest BCUT2D eigenvalue weighted by Gasteiger charge is -2.18. The minimum Gasteiger partial charge on any atom is -0.508 e. The number of aromatic hydroxyl groups is 4. The standard InChI is InChI=1S/2C15H22O.2C14H20O.C10H14O/c2*1-4-10(2)13-6-5-7-14(15(13)16)11(3)12-8-9-12;1-5-10(3)12-8-7-9-13(14(12)15)11(4)6-2;1-4-6-11-15-14-10-8-7-9-13(14)12(3)5-2;1-3-8(2)9-6-4-5-7-10(9)11/h2*5-7,10-12,16H,4,8-9H2,1-3H3;5,7-11,15H,1,6H2,2-4H3;4,6-10,12H,5,11H2,1-3H3;4-8,11H,3H2,1-2H3/b;;;6-4+;. The van der Waals surface area contributed by atoms with Gasteiger partial charge in [-0.1, -0.05) is 199 Å². The third-order valence-corrected chi connectivity index (χ3v) is 15.9. The van der Waals surface area contributed by atoms with Gasteiger partial charge in [0.05, 0.1) is 0 Å². The highest BCUT2D eigenvalue weighted by molar-refractivity contribution is 5.47. The summed E-state index contributed by atoms with van der Waals surface area (Å²) in [6, 6.07) is 34.3. The molecule has 0 aliphatic heterocycles. The lowest BCUT2D eigenvalue weighted by atomic mass is 9.89. The van der Waals surface area contributed by atoms with Crippen LogP contribution in [0.15, 0.2) is 128 Å². The van der Waals surface area contributed by atoms with Crippen molar-refractivity contribution in [1.82, 2.24) is 0 Å². The van der Waals surface area contributed by atoms with E-state index in [1.54, 1.807) is 6.07 Å². The first-order chi connectivity index (χ1) is 35.0. The number of benzene rings is 5. The highest BCUT2D eigenvalue weighted by atomic mass is 16.5. The zero-order chi connectivity index (χ0) is 54.2. The molecule has 0 bridgehead atoms. The number of para-hydroxylation sites is 5. The van der Waals surface area contributed by atoms with Gasteiger partial charge in [0, 0.05) is 11.5 Å². The molecule has 5 nitrogen and oxygen atoms in total. The molecule has 400 valence electrons. The Hall–Kier alpha value is -5.42. The van der Waals surface area contributed by atoms with Crippen LogP contribution in [-0.4, -0.2) is 27.0 Å². The van der Waals surface area contributed by atoms with Crippen molar-refractivity contribution < 1.29 is 25.2 Å². The number of phenols is 4. The lowest BCUT2D eigenvalue weighted by Crippen LogP contribution is -2.00. The van der Waals surface area contributed by atoms with E-state index in [0.717, 1.165) is 88.6 Å². The minimum atomic E-state index is 0.203. The molecule has 5 aromatic carbocycles. The average Bonchev–Trinajstić information content (AvgIpc) is 4.36. The Labute approximate surface area is 444 Å². The van der Waals surface area contributed by atoms with Crippen molar-refractivity contribution in [3.8, 4) is 28.7 Å². The van der Waals surface area contributed by atoms with Crippen LogP contribution >= 0.6 is 0 Å². The maximum absolute atomic E-state index is 10.3. The van der Waals surface area contributed by atoms with E-state index in [2.05, 4.69) is 138 Å². The summed E-state index contributed by atoms with van der Waals surface area (Å²) in [6.07, 6.45) is 16.6. The molecule has 0 heterocycles. The highest BCUT2D eigenvalue weighted by Crippen LogP contribution is 2.47. The fraction of sp³-hybridized carbons (Fsp3) is 0.500. The van der Waals surface area contributed by atoms with E-state index < -0.39 is 0 Å². The second-order valence-corrected chi connectivity index (χ2v) is 21.2. The summed E-state index contributed by atoms with van der Waals surface area (Å²) in [5.74, 6) is 8.15. The summed E-state index contributed by atoms with van der Waals surface area (Å²) in [7, 11) is 0. The monoisotopic (exact) mass is 995 g/mol. The number of hydrogen-bond donors (Lipinski definition) is 4. The fourth-order valence-electron chi connectivity index (χ4n) is 9.12. The SMILES string of the molecule is C/C=C/COc1ccccc1C(C)CC.C=CC(C)c1cccc(C(C)CC)c1O.CCC(C)c1cccc(C(C)C2CC2)c1O.CCC(C)c1cccc(C(C)C2CC2)c1O.CCC(C)c1ccccc1O. The number of hydrogen-bond acceptors (Lipinski definition) is 5. The molecule has 2 aliphatic carbocycles. The van der Waals surface area contributed by atoms with Crippen molar-refractivity contribution in [2.24, 2.45) is 11.8 Å². The van der Waals surface area contributed by atoms with Crippen molar-refractivity contribution in [3.05, 3.63) is 172 Å². The average molecular weight is 996 g/mol. The van der Waals surface area contributed by atoms with E-state index in [1.165, 1.54) is 31.2 Å². The molecule has 0 spiro atoms. The predicted molar refractivity (Wildman–Crippen MR) is 314 cm³/mol. The molecule has 0 saturated heterocycles. The van der Waals surface area contributed by atoms with Crippen LogP contribution in [0, 0.1) is 11.8 Å². The summed E-state index contributed by atoms with van der Waals surface area (Å²) < 4.78 is 5.71. The lowest BCUT2D eigenvalue weighted by molar-refractivity contribution is 0.356. The van der Waals surface area contributed by atoms with Crippen molar-refractivity contribution in [3.63, 3.8) is 0 Å². The molecule has 8 unspecified atom stereocenters. The number of phenolic OH excluding ortho intramolecular Hbond substituents is 4. The smallest absolute Gasteiger partial charge is 0.123 e. The van der Waals surface area contributed by atoms with Crippen LogP contribution in [0.25, 0.3) is 0 Å². The van der Waals surface area contributed by atoms with Crippen LogP contribution in [0.4, 0.5) is 0 Å². The molecular weight excluding hydrogens is 897 g/mol. The number of allylic oxidation sites excluding steroid dienone is 2. The molecule has 2 saturated carbocycles. The van der Waals surface area contributed by atoms with E-state index >= 15 is 0 Å². The van der Waals surface area contributed by atoms with Crippen molar-refractivity contribution in [2.75, 3.05) is 6.61 Å². The predicted octanol–water partition coefficient (Wildman–Crippen LogP) is 20.1. The maximum Gasteiger partial charge on any atom is 0.123 e. The van der Waals surface area contributed by atoms with Crippen molar-refractivity contribution >= 4 is 0 Å². The third-order valence-electron chi connectivity index (χ3n) is 15.9. The van der Waals surface area contributed by atoms with Crippen LogP contribution in [0.2, 0.25) is 0 Å². The second kappa shape index (κ2) is 32.0. The van der Waals surface area contributed by atoms with Gasteiger partial charge in [0.15, 0.2) is 0 Å². The van der Waals surface area contributed by atoms with Crippen LogP contribution < -0.4 is 4.74 Å². The zero-order valence-electron chi connectivity index (χ0n) is 47.8. The first-order valence-corrected chi connectivity index (χ1v) is 28.1. The Balaban J connectivity index is 0.000000242. The van der Waals surface area contributed by atoms with Crippen LogP contribution in [-0.2, 0) is 0 Å². The summed E-state index contributed by atoms with van der Waals surface area (Å²) in [5.41, 5.74) is 8.92. The van der Waals surface area contributed by atoms with Gasteiger partial charge >= 0.3 is 0 Å². The Morgan fingerprint density at radius 3 is 1.16 bits per heavy atom. The molecule has 0 radical (unpaired) electrons. The minimum absolute atomic E-state index is 0.203. The summed E-state index contributed by atoms with van der Waals surface area (Å²) in [4.78, 5) is 0. The van der Waals surface area contributed by atoms with E-state index in [4.69, 9.17) is 4.74 Å². The molecule has 5 aromatic rings. The number of ether oxygens (including phenoxy) is 1. The summed E-state index contributed by atoms with van der Waals surface area (Å²) in [6.45, 7) is 34.6. The molecule has 4 N–H and O–H groups in total. The number of rotatable bonds is 19. The van der Waals surface area contributed by atoms with Crippen LogP contribution in [0.5, 0.6) is 28.7 Å². The Morgan fingerprint density at radius 2 is 0.781 bits per heavy atom. The molecule has 0 amide bonds. The molecule has 2 aliphatic rings. The van der Waals surface area contributed by atoms with Gasteiger partial charge in [-0.3, -0.25) is 0 Å². The summed E-state index contributed by atoms with van der Waals surface area (Å²) in [5, 5.41) is 40.2. The van der Waals surface area contributed by atoms with Gasteiger partial charge in [-0.05, 0) is 169 Å². The molecule has 7 rings (SSSR count).